The number of hydrogen-bond acceptors (Lipinski definition) is 5. The van der Waals surface area contributed by atoms with Gasteiger partial charge in [-0.2, -0.15) is 8.42 Å². The lowest BCUT2D eigenvalue weighted by Gasteiger charge is -2.19. The molecule has 4 aromatic rings. The number of carbonyl (C=O) groups excluding carboxylic acids is 2. The Kier molecular flexibility index (Phi) is 10.4. The predicted molar refractivity (Wildman–Crippen MR) is 188 cm³/mol. The first-order valence-electron chi connectivity index (χ1n) is 16.5. The molecule has 2 unspecified atom stereocenters. The van der Waals surface area contributed by atoms with Gasteiger partial charge in [-0.3, -0.25) is 14.1 Å². The Morgan fingerprint density at radius 1 is 0.854 bits per heavy atom. The molecule has 2 aliphatic rings. The van der Waals surface area contributed by atoms with Crippen LogP contribution in [-0.4, -0.2) is 37.1 Å². The third-order valence-corrected chi connectivity index (χ3v) is 9.73. The van der Waals surface area contributed by atoms with Gasteiger partial charge in [-0.15, -0.1) is 0 Å². The van der Waals surface area contributed by atoms with Crippen LogP contribution >= 0.6 is 0 Å². The van der Waals surface area contributed by atoms with Crippen molar-refractivity contribution in [3.63, 3.8) is 0 Å². The molecule has 0 fully saturated rings. The van der Waals surface area contributed by atoms with E-state index in [2.05, 4.69) is 47.0 Å². The van der Waals surface area contributed by atoms with E-state index in [9.17, 15) is 18.0 Å². The highest BCUT2D eigenvalue weighted by atomic mass is 32.2. The van der Waals surface area contributed by atoms with Crippen molar-refractivity contribution in [3.05, 3.63) is 137 Å². The summed E-state index contributed by atoms with van der Waals surface area (Å²) in [6.45, 7) is -0.194. The highest BCUT2D eigenvalue weighted by molar-refractivity contribution is 7.85. The maximum atomic E-state index is 13.8. The van der Waals surface area contributed by atoms with E-state index in [-0.39, 0.29) is 24.5 Å². The molecule has 1 aliphatic carbocycles. The second kappa shape index (κ2) is 15.0. The molecule has 1 heterocycles. The lowest BCUT2D eigenvalue weighted by Crippen LogP contribution is -2.29. The van der Waals surface area contributed by atoms with E-state index in [1.165, 1.54) is 29.5 Å². The maximum Gasteiger partial charge on any atom is 0.266 e. The second-order valence-corrected chi connectivity index (χ2v) is 14.1. The molecular formula is C39H40N2O6S. The van der Waals surface area contributed by atoms with Gasteiger partial charge in [0.15, 0.2) is 0 Å². The number of nitrogens with one attached hydrogen (secondary N) is 2. The second-order valence-electron chi connectivity index (χ2n) is 12.5. The molecule has 2 amide bonds. The molecule has 8 nitrogen and oxygen atoms in total. The average Bonchev–Trinajstić information content (AvgIpc) is 3.53. The molecule has 0 bridgehead atoms. The van der Waals surface area contributed by atoms with Gasteiger partial charge in [0, 0.05) is 30.1 Å². The van der Waals surface area contributed by atoms with Crippen molar-refractivity contribution in [1.82, 2.24) is 5.32 Å². The van der Waals surface area contributed by atoms with E-state index in [0.29, 0.717) is 24.1 Å². The molecule has 0 aromatic heterocycles. The molecule has 3 N–H and O–H groups in total. The van der Waals surface area contributed by atoms with Crippen LogP contribution in [-0.2, 0) is 34.2 Å². The molecule has 0 spiro atoms. The number of fused-ring (bicyclic) bond motifs is 1. The number of anilines is 1. The van der Waals surface area contributed by atoms with E-state index in [4.69, 9.17) is 9.29 Å². The van der Waals surface area contributed by atoms with E-state index < -0.39 is 21.8 Å². The van der Waals surface area contributed by atoms with Crippen molar-refractivity contribution < 1.29 is 27.3 Å². The van der Waals surface area contributed by atoms with Crippen molar-refractivity contribution >= 4 is 33.2 Å². The fourth-order valence-corrected chi connectivity index (χ4v) is 6.72. The number of carbonyl (C=O) groups is 2. The summed E-state index contributed by atoms with van der Waals surface area (Å²) in [5, 5.41) is 5.62. The maximum absolute atomic E-state index is 13.8. The molecule has 1 aliphatic heterocycles. The monoisotopic (exact) mass is 664 g/mol. The molecule has 0 saturated carbocycles. The van der Waals surface area contributed by atoms with Crippen LogP contribution in [0.1, 0.15) is 70.0 Å². The summed E-state index contributed by atoms with van der Waals surface area (Å²) in [5.74, 6) is -0.567. The average molecular weight is 665 g/mol. The first-order chi connectivity index (χ1) is 23.2. The summed E-state index contributed by atoms with van der Waals surface area (Å²) in [5.41, 5.74) is 7.89. The molecule has 0 radical (unpaired) electrons. The SMILES string of the molecule is O=C(NCCS(=O)(=O)O)c1ccc(CC(Cc2ccc(C3=CCCCC3)cc2)C(=O)Nc2ccc(C3Cc4ccccc4O3)cc2)cc1. The van der Waals surface area contributed by atoms with Crippen LogP contribution in [0.25, 0.3) is 5.57 Å². The van der Waals surface area contributed by atoms with Crippen molar-refractivity contribution in [2.75, 3.05) is 17.6 Å². The van der Waals surface area contributed by atoms with Crippen LogP contribution in [0.15, 0.2) is 103 Å². The Balaban J connectivity index is 1.14. The van der Waals surface area contributed by atoms with E-state index in [1.807, 2.05) is 54.6 Å². The first-order valence-corrected chi connectivity index (χ1v) is 18.1. The summed E-state index contributed by atoms with van der Waals surface area (Å²) in [7, 11) is -4.16. The zero-order valence-corrected chi connectivity index (χ0v) is 27.5. The highest BCUT2D eigenvalue weighted by Gasteiger charge is 2.25. The number of amides is 2. The number of rotatable bonds is 12. The van der Waals surface area contributed by atoms with Gasteiger partial charge in [0.25, 0.3) is 16.0 Å². The minimum atomic E-state index is -4.16. The lowest BCUT2D eigenvalue weighted by molar-refractivity contribution is -0.119. The molecule has 248 valence electrons. The van der Waals surface area contributed by atoms with Crippen LogP contribution in [0.5, 0.6) is 5.75 Å². The summed E-state index contributed by atoms with van der Waals surface area (Å²) >= 11 is 0. The van der Waals surface area contributed by atoms with Crippen LogP contribution in [0.2, 0.25) is 0 Å². The van der Waals surface area contributed by atoms with Gasteiger partial charge in [0.1, 0.15) is 11.9 Å². The number of para-hydroxylation sites is 1. The van der Waals surface area contributed by atoms with Crippen LogP contribution in [0.3, 0.4) is 0 Å². The van der Waals surface area contributed by atoms with Gasteiger partial charge < -0.3 is 15.4 Å². The van der Waals surface area contributed by atoms with Crippen molar-refractivity contribution in [2.24, 2.45) is 5.92 Å². The first kappa shape index (κ1) is 33.2. The van der Waals surface area contributed by atoms with Gasteiger partial charge in [0.2, 0.25) is 5.91 Å². The van der Waals surface area contributed by atoms with Gasteiger partial charge in [0.05, 0.1) is 5.75 Å². The van der Waals surface area contributed by atoms with Gasteiger partial charge in [-0.25, -0.2) is 0 Å². The predicted octanol–water partition coefficient (Wildman–Crippen LogP) is 6.98. The number of hydrogen-bond donors (Lipinski definition) is 3. The smallest absolute Gasteiger partial charge is 0.266 e. The molecule has 9 heteroatoms. The summed E-state index contributed by atoms with van der Waals surface area (Å²) in [6, 6.07) is 31.3. The molecule has 4 aromatic carbocycles. The lowest BCUT2D eigenvalue weighted by atomic mass is 9.89. The number of allylic oxidation sites excluding steroid dienone is 2. The fraction of sp³-hybridized carbons (Fsp3) is 0.282. The van der Waals surface area contributed by atoms with E-state index in [0.717, 1.165) is 41.7 Å². The van der Waals surface area contributed by atoms with E-state index in [1.54, 1.807) is 12.1 Å². The van der Waals surface area contributed by atoms with E-state index >= 15 is 0 Å². The zero-order valence-electron chi connectivity index (χ0n) is 26.7. The normalized spacial score (nSPS) is 16.3. The highest BCUT2D eigenvalue weighted by Crippen LogP contribution is 2.36. The van der Waals surface area contributed by atoms with Gasteiger partial charge in [-0.1, -0.05) is 72.8 Å². The largest absolute Gasteiger partial charge is 0.485 e. The fourth-order valence-electron chi connectivity index (χ4n) is 6.36. The van der Waals surface area contributed by atoms with Crippen molar-refractivity contribution in [3.8, 4) is 5.75 Å². The van der Waals surface area contributed by atoms with Crippen LogP contribution in [0.4, 0.5) is 5.69 Å². The van der Waals surface area contributed by atoms with Crippen LogP contribution < -0.4 is 15.4 Å². The molecule has 48 heavy (non-hydrogen) atoms. The Morgan fingerprint density at radius 3 is 2.19 bits per heavy atom. The zero-order chi connectivity index (χ0) is 33.5. The van der Waals surface area contributed by atoms with Crippen molar-refractivity contribution in [2.45, 2.75) is 51.0 Å². The molecule has 6 rings (SSSR count). The van der Waals surface area contributed by atoms with Gasteiger partial charge in [-0.05, 0) is 102 Å². The number of benzene rings is 4. The Morgan fingerprint density at radius 2 is 1.54 bits per heavy atom. The van der Waals surface area contributed by atoms with Gasteiger partial charge >= 0.3 is 0 Å². The minimum absolute atomic E-state index is 0.0555. The minimum Gasteiger partial charge on any atom is -0.485 e. The summed E-state index contributed by atoms with van der Waals surface area (Å²) in [6.07, 6.45) is 8.74. The standard InChI is InChI=1S/C39H40N2O6S/c42-38(40-22-23-48(44,45)46)32-16-12-28(13-17-32)25-34(24-27-10-14-30(15-11-27)29-6-2-1-3-7-29)39(43)41-35-20-18-31(19-21-35)37-26-33-8-4-5-9-36(33)47-37/h4-6,8-21,34,37H,1-3,7,22-26H2,(H,40,42)(H,41,43)(H,44,45,46). The topological polar surface area (TPSA) is 122 Å². The summed E-state index contributed by atoms with van der Waals surface area (Å²) < 4.78 is 37.0. The Bertz CT molecular complexity index is 1860. The molecule has 0 saturated heterocycles. The summed E-state index contributed by atoms with van der Waals surface area (Å²) in [4.78, 5) is 26.3. The van der Waals surface area contributed by atoms with Crippen LogP contribution in [0, 0.1) is 5.92 Å². The Labute approximate surface area is 282 Å². The third kappa shape index (κ3) is 8.79. The third-order valence-electron chi connectivity index (χ3n) is 9.01. The van der Waals surface area contributed by atoms with Crippen molar-refractivity contribution in [1.29, 1.82) is 0 Å². The Hall–Kier alpha value is -4.73. The number of ether oxygens (including phenoxy) is 1. The quantitative estimate of drug-likeness (QED) is 0.141. The molecular weight excluding hydrogens is 625 g/mol. The molecule has 2 atom stereocenters.